The summed E-state index contributed by atoms with van der Waals surface area (Å²) in [5.41, 5.74) is 1.04. The minimum atomic E-state index is -0.296. The van der Waals surface area contributed by atoms with Gasteiger partial charge in [0.05, 0.1) is 12.2 Å². The Morgan fingerprint density at radius 3 is 2.62 bits per heavy atom. The second-order valence-electron chi connectivity index (χ2n) is 7.20. The summed E-state index contributed by atoms with van der Waals surface area (Å²) in [5.74, 6) is 1.13. The molecule has 0 spiro atoms. The molecule has 0 bridgehead atoms. The molecule has 0 atom stereocenters. The number of amides is 1. The van der Waals surface area contributed by atoms with E-state index in [1.807, 2.05) is 40.0 Å². The fourth-order valence-corrected chi connectivity index (χ4v) is 3.60. The quantitative estimate of drug-likeness (QED) is 0.634. The maximum Gasteiger partial charge on any atom is 0.222 e. The van der Waals surface area contributed by atoms with E-state index in [9.17, 15) is 9.18 Å². The van der Waals surface area contributed by atoms with Crippen molar-refractivity contribution in [2.24, 2.45) is 0 Å². The number of ether oxygens (including phenoxy) is 1. The summed E-state index contributed by atoms with van der Waals surface area (Å²) in [6.07, 6.45) is 6.48. The molecule has 0 aliphatic carbocycles. The molecule has 2 heterocycles. The van der Waals surface area contributed by atoms with Crippen molar-refractivity contribution >= 4 is 5.91 Å². The number of aromatic nitrogens is 3. The minimum Gasteiger partial charge on any atom is -0.457 e. The molecular formula is C22H23FN4O2. The lowest BCUT2D eigenvalue weighted by molar-refractivity contribution is -0.132. The minimum absolute atomic E-state index is 0.173. The summed E-state index contributed by atoms with van der Waals surface area (Å²) < 4.78 is 20.7. The molecule has 1 saturated heterocycles. The average Bonchev–Trinajstić information content (AvgIpc) is 3.29. The van der Waals surface area contributed by atoms with Gasteiger partial charge in [0.1, 0.15) is 17.3 Å². The monoisotopic (exact) mass is 394 g/mol. The van der Waals surface area contributed by atoms with Gasteiger partial charge < -0.3 is 9.64 Å². The molecule has 7 heteroatoms. The van der Waals surface area contributed by atoms with Gasteiger partial charge in [-0.05, 0) is 61.2 Å². The molecule has 150 valence electrons. The standard InChI is InChI=1S/C22H23FN4O2/c23-18-5-7-20(8-6-18)29-21-3-1-2-17(16-21)4-9-22(28)26-13-10-19(11-14-26)27-15-12-24-25-27/h1-3,5-8,12,15-16,19H,4,9-11,13-14H2. The molecule has 29 heavy (non-hydrogen) atoms. The zero-order valence-electron chi connectivity index (χ0n) is 16.1. The molecule has 1 amide bonds. The Morgan fingerprint density at radius 1 is 1.10 bits per heavy atom. The second kappa shape index (κ2) is 8.86. The van der Waals surface area contributed by atoms with E-state index in [1.165, 1.54) is 12.1 Å². The van der Waals surface area contributed by atoms with Gasteiger partial charge in [-0.3, -0.25) is 4.79 Å². The molecule has 1 aromatic heterocycles. The predicted octanol–water partition coefficient (Wildman–Crippen LogP) is 4.01. The van der Waals surface area contributed by atoms with Crippen molar-refractivity contribution < 1.29 is 13.9 Å². The van der Waals surface area contributed by atoms with E-state index in [0.29, 0.717) is 30.4 Å². The first-order valence-electron chi connectivity index (χ1n) is 9.83. The van der Waals surface area contributed by atoms with Crippen molar-refractivity contribution in [2.75, 3.05) is 13.1 Å². The second-order valence-corrected chi connectivity index (χ2v) is 7.20. The number of hydrogen-bond donors (Lipinski definition) is 0. The van der Waals surface area contributed by atoms with Crippen LogP contribution < -0.4 is 4.74 Å². The Morgan fingerprint density at radius 2 is 1.90 bits per heavy atom. The maximum absolute atomic E-state index is 13.0. The van der Waals surface area contributed by atoms with Gasteiger partial charge in [-0.25, -0.2) is 9.07 Å². The third-order valence-electron chi connectivity index (χ3n) is 5.21. The van der Waals surface area contributed by atoms with Crippen molar-refractivity contribution in [3.05, 3.63) is 72.3 Å². The van der Waals surface area contributed by atoms with Crippen LogP contribution in [0, 0.1) is 5.82 Å². The molecule has 1 fully saturated rings. The third kappa shape index (κ3) is 4.99. The number of carbonyl (C=O) groups excluding carboxylic acids is 1. The van der Waals surface area contributed by atoms with Crippen molar-refractivity contribution in [2.45, 2.75) is 31.7 Å². The lowest BCUT2D eigenvalue weighted by Crippen LogP contribution is -2.39. The highest BCUT2D eigenvalue weighted by Crippen LogP contribution is 2.24. The van der Waals surface area contributed by atoms with Gasteiger partial charge in [-0.15, -0.1) is 5.10 Å². The van der Waals surface area contributed by atoms with Crippen molar-refractivity contribution in [1.82, 2.24) is 19.9 Å². The van der Waals surface area contributed by atoms with Gasteiger partial charge in [-0.2, -0.15) is 0 Å². The molecule has 3 aromatic rings. The number of rotatable bonds is 6. The van der Waals surface area contributed by atoms with Crippen molar-refractivity contribution in [1.29, 1.82) is 0 Å². The van der Waals surface area contributed by atoms with E-state index in [4.69, 9.17) is 4.74 Å². The van der Waals surface area contributed by atoms with Crippen LogP contribution >= 0.6 is 0 Å². The number of likely N-dealkylation sites (tertiary alicyclic amines) is 1. The molecule has 1 aliphatic heterocycles. The van der Waals surface area contributed by atoms with Crippen LogP contribution in [0.5, 0.6) is 11.5 Å². The molecule has 4 rings (SSSR count). The Balaban J connectivity index is 1.27. The van der Waals surface area contributed by atoms with Crippen molar-refractivity contribution in [3.63, 3.8) is 0 Å². The summed E-state index contributed by atoms with van der Waals surface area (Å²) in [6, 6.07) is 13.9. The number of benzene rings is 2. The largest absolute Gasteiger partial charge is 0.457 e. The predicted molar refractivity (Wildman–Crippen MR) is 106 cm³/mol. The van der Waals surface area contributed by atoms with Gasteiger partial charge in [0.2, 0.25) is 5.91 Å². The van der Waals surface area contributed by atoms with Crippen LogP contribution in [0.2, 0.25) is 0 Å². The molecule has 2 aromatic carbocycles. The topological polar surface area (TPSA) is 60.2 Å². The molecule has 0 saturated carbocycles. The normalized spacial score (nSPS) is 14.7. The zero-order chi connectivity index (χ0) is 20.1. The van der Waals surface area contributed by atoms with Gasteiger partial charge in [0.25, 0.3) is 0 Å². The summed E-state index contributed by atoms with van der Waals surface area (Å²) >= 11 is 0. The van der Waals surface area contributed by atoms with Gasteiger partial charge >= 0.3 is 0 Å². The first kappa shape index (κ1) is 19.1. The molecular weight excluding hydrogens is 371 g/mol. The number of aryl methyl sites for hydroxylation is 1. The van der Waals surface area contributed by atoms with E-state index in [-0.39, 0.29) is 11.7 Å². The van der Waals surface area contributed by atoms with Gasteiger partial charge in [0.15, 0.2) is 0 Å². The number of carbonyl (C=O) groups is 1. The van der Waals surface area contributed by atoms with Crippen LogP contribution in [0.4, 0.5) is 4.39 Å². The van der Waals surface area contributed by atoms with Crippen molar-refractivity contribution in [3.8, 4) is 11.5 Å². The van der Waals surface area contributed by atoms with Gasteiger partial charge in [0, 0.05) is 25.7 Å². The first-order valence-corrected chi connectivity index (χ1v) is 9.83. The average molecular weight is 394 g/mol. The molecule has 0 radical (unpaired) electrons. The Kier molecular flexibility index (Phi) is 5.84. The van der Waals surface area contributed by atoms with Crippen LogP contribution in [0.1, 0.15) is 30.9 Å². The Labute approximate surface area is 168 Å². The van der Waals surface area contributed by atoms with E-state index in [1.54, 1.807) is 18.3 Å². The number of hydrogen-bond acceptors (Lipinski definition) is 4. The number of nitrogens with zero attached hydrogens (tertiary/aromatic N) is 4. The molecule has 6 nitrogen and oxygen atoms in total. The fourth-order valence-electron chi connectivity index (χ4n) is 3.60. The lowest BCUT2D eigenvalue weighted by atomic mass is 10.0. The summed E-state index contributed by atoms with van der Waals surface area (Å²) in [5, 5.41) is 7.92. The Bertz CT molecular complexity index is 936. The lowest BCUT2D eigenvalue weighted by Gasteiger charge is -2.32. The summed E-state index contributed by atoms with van der Waals surface area (Å²) in [7, 11) is 0. The summed E-state index contributed by atoms with van der Waals surface area (Å²) in [4.78, 5) is 14.5. The third-order valence-corrected chi connectivity index (χ3v) is 5.21. The van der Waals surface area contributed by atoms with E-state index in [2.05, 4.69) is 10.3 Å². The highest BCUT2D eigenvalue weighted by atomic mass is 19.1. The van der Waals surface area contributed by atoms with Gasteiger partial charge in [-0.1, -0.05) is 17.3 Å². The number of halogens is 1. The highest BCUT2D eigenvalue weighted by Gasteiger charge is 2.23. The van der Waals surface area contributed by atoms with Crippen LogP contribution in [-0.2, 0) is 11.2 Å². The van der Waals surface area contributed by atoms with E-state index >= 15 is 0 Å². The van der Waals surface area contributed by atoms with Crippen LogP contribution in [0.15, 0.2) is 60.9 Å². The molecule has 1 aliphatic rings. The zero-order valence-corrected chi connectivity index (χ0v) is 16.1. The Hall–Kier alpha value is -3.22. The molecule has 0 N–H and O–H groups in total. The van der Waals surface area contributed by atoms with E-state index < -0.39 is 0 Å². The SMILES string of the molecule is O=C(CCc1cccc(Oc2ccc(F)cc2)c1)N1CCC(n2ccnn2)CC1. The van der Waals surface area contributed by atoms with Crippen LogP contribution in [0.3, 0.4) is 0 Å². The first-order chi connectivity index (χ1) is 14.2. The number of piperidine rings is 1. The van der Waals surface area contributed by atoms with Crippen LogP contribution in [0.25, 0.3) is 0 Å². The van der Waals surface area contributed by atoms with Crippen LogP contribution in [-0.4, -0.2) is 38.9 Å². The fraction of sp³-hybridized carbons (Fsp3) is 0.318. The maximum atomic E-state index is 13.0. The summed E-state index contributed by atoms with van der Waals surface area (Å²) in [6.45, 7) is 1.49. The van der Waals surface area contributed by atoms with E-state index in [0.717, 1.165) is 31.5 Å². The highest BCUT2D eigenvalue weighted by molar-refractivity contribution is 5.76. The smallest absolute Gasteiger partial charge is 0.222 e. The molecule has 0 unspecified atom stereocenters.